The molecule has 0 aromatic rings. The van der Waals surface area contributed by atoms with Gasteiger partial charge in [0, 0.05) is 6.42 Å². The quantitative estimate of drug-likeness (QED) is 0.725. The van der Waals surface area contributed by atoms with Gasteiger partial charge in [0.1, 0.15) is 0 Å². The van der Waals surface area contributed by atoms with Crippen LogP contribution >= 0.6 is 0 Å². The molecule has 0 amide bonds. The van der Waals surface area contributed by atoms with Crippen molar-refractivity contribution in [3.05, 3.63) is 11.1 Å². The fourth-order valence-electron chi connectivity index (χ4n) is 2.08. The minimum atomic E-state index is -0.397. The molecule has 0 aliphatic heterocycles. The monoisotopic (exact) mass is 182 g/mol. The average Bonchev–Trinajstić information content (AvgIpc) is 2.27. The molecule has 1 rings (SSSR count). The van der Waals surface area contributed by atoms with E-state index in [0.717, 1.165) is 24.0 Å². The zero-order chi connectivity index (χ0) is 10.0. The van der Waals surface area contributed by atoms with Gasteiger partial charge >= 0.3 is 0 Å². The van der Waals surface area contributed by atoms with E-state index in [2.05, 4.69) is 0 Å². The Labute approximate surface area is 79.6 Å². The largest absolute Gasteiger partial charge is 0.389 e. The Morgan fingerprint density at radius 3 is 2.62 bits per heavy atom. The van der Waals surface area contributed by atoms with E-state index in [0.29, 0.717) is 6.42 Å². The van der Waals surface area contributed by atoms with Crippen molar-refractivity contribution in [2.75, 3.05) is 0 Å². The van der Waals surface area contributed by atoms with Gasteiger partial charge in [-0.2, -0.15) is 0 Å². The van der Waals surface area contributed by atoms with Crippen molar-refractivity contribution in [3.8, 4) is 0 Å². The number of aliphatic hydroxyl groups excluding tert-OH is 1. The molecule has 13 heavy (non-hydrogen) atoms. The van der Waals surface area contributed by atoms with Crippen LogP contribution in [0.3, 0.4) is 0 Å². The van der Waals surface area contributed by atoms with Crippen LogP contribution in [0.2, 0.25) is 0 Å². The number of ketones is 1. The third kappa shape index (κ3) is 1.99. The summed E-state index contributed by atoms with van der Waals surface area (Å²) in [5.41, 5.74) is 1.78. The number of hydrogen-bond acceptors (Lipinski definition) is 2. The highest BCUT2D eigenvalue weighted by atomic mass is 16.3. The number of hydrogen-bond donors (Lipinski definition) is 1. The minimum Gasteiger partial charge on any atom is -0.389 e. The summed E-state index contributed by atoms with van der Waals surface area (Å²) >= 11 is 0. The number of allylic oxidation sites excluding steroid dienone is 1. The minimum absolute atomic E-state index is 0.206. The van der Waals surface area contributed by atoms with Crippen molar-refractivity contribution in [3.63, 3.8) is 0 Å². The zero-order valence-electron chi connectivity index (χ0n) is 8.63. The van der Waals surface area contributed by atoms with E-state index in [4.69, 9.17) is 0 Å². The van der Waals surface area contributed by atoms with Gasteiger partial charge in [0.15, 0.2) is 5.78 Å². The molecule has 2 atom stereocenters. The first-order valence-corrected chi connectivity index (χ1v) is 4.99. The standard InChI is InChI=1S/C11H18O2/c1-4-5-9(12)11-7(2)6-10(13)8(11)3/h7,9,12H,4-6H2,1-3H3/t7-,9+/m1/s1. The van der Waals surface area contributed by atoms with Gasteiger partial charge in [0.05, 0.1) is 6.10 Å². The normalized spacial score (nSPS) is 25.5. The molecule has 0 bridgehead atoms. The van der Waals surface area contributed by atoms with Gasteiger partial charge in [0.2, 0.25) is 0 Å². The lowest BCUT2D eigenvalue weighted by atomic mass is 9.95. The van der Waals surface area contributed by atoms with E-state index < -0.39 is 6.10 Å². The topological polar surface area (TPSA) is 37.3 Å². The predicted molar refractivity (Wildman–Crippen MR) is 52.4 cm³/mol. The summed E-state index contributed by atoms with van der Waals surface area (Å²) in [6, 6.07) is 0. The first-order valence-electron chi connectivity index (χ1n) is 4.99. The highest BCUT2D eigenvalue weighted by Crippen LogP contribution is 2.32. The molecule has 0 aromatic heterocycles. The van der Waals surface area contributed by atoms with Crippen LogP contribution in [0.15, 0.2) is 11.1 Å². The first kappa shape index (κ1) is 10.5. The van der Waals surface area contributed by atoms with Crippen LogP contribution in [0.25, 0.3) is 0 Å². The van der Waals surface area contributed by atoms with E-state index in [9.17, 15) is 9.90 Å². The molecule has 0 heterocycles. The molecule has 0 unspecified atom stereocenters. The third-order valence-electron chi connectivity index (χ3n) is 2.79. The van der Waals surface area contributed by atoms with Gasteiger partial charge in [-0.25, -0.2) is 0 Å². The number of aliphatic hydroxyl groups is 1. The predicted octanol–water partition coefficient (Wildman–Crippen LogP) is 2.07. The number of rotatable bonds is 3. The lowest BCUT2D eigenvalue weighted by Crippen LogP contribution is -2.14. The Morgan fingerprint density at radius 1 is 1.62 bits per heavy atom. The Morgan fingerprint density at radius 2 is 2.23 bits per heavy atom. The lowest BCUT2D eigenvalue weighted by Gasteiger charge is -2.15. The van der Waals surface area contributed by atoms with Crippen molar-refractivity contribution < 1.29 is 9.90 Å². The molecular formula is C11H18O2. The molecule has 2 heteroatoms. The lowest BCUT2D eigenvalue weighted by molar-refractivity contribution is -0.115. The second kappa shape index (κ2) is 4.05. The molecule has 1 aliphatic carbocycles. The molecule has 74 valence electrons. The Bertz CT molecular complexity index is 240. The molecule has 2 nitrogen and oxygen atoms in total. The van der Waals surface area contributed by atoms with E-state index in [-0.39, 0.29) is 11.7 Å². The van der Waals surface area contributed by atoms with Crippen LogP contribution in [0.1, 0.15) is 40.0 Å². The van der Waals surface area contributed by atoms with Gasteiger partial charge in [0.25, 0.3) is 0 Å². The molecule has 1 aliphatic rings. The molecule has 0 saturated heterocycles. The Balaban J connectivity index is 2.82. The molecule has 0 fully saturated rings. The number of Topliss-reactive ketones (excluding diaryl/α,β-unsaturated/α-hetero) is 1. The van der Waals surface area contributed by atoms with Crippen LogP contribution in [0, 0.1) is 5.92 Å². The van der Waals surface area contributed by atoms with Gasteiger partial charge in [-0.05, 0) is 30.4 Å². The molecule has 0 radical (unpaired) electrons. The zero-order valence-corrected chi connectivity index (χ0v) is 8.63. The van der Waals surface area contributed by atoms with Crippen LogP contribution in [-0.4, -0.2) is 17.0 Å². The van der Waals surface area contributed by atoms with E-state index >= 15 is 0 Å². The summed E-state index contributed by atoms with van der Waals surface area (Å²) in [5, 5.41) is 9.80. The number of carbonyl (C=O) groups is 1. The van der Waals surface area contributed by atoms with Crippen molar-refractivity contribution in [1.82, 2.24) is 0 Å². The van der Waals surface area contributed by atoms with Crippen molar-refractivity contribution >= 4 is 5.78 Å². The highest BCUT2D eigenvalue weighted by Gasteiger charge is 2.29. The maximum atomic E-state index is 11.3. The van der Waals surface area contributed by atoms with Crippen LogP contribution in [-0.2, 0) is 4.79 Å². The van der Waals surface area contributed by atoms with Gasteiger partial charge < -0.3 is 5.11 Å². The van der Waals surface area contributed by atoms with Crippen LogP contribution < -0.4 is 0 Å². The first-order chi connectivity index (χ1) is 6.07. The Hall–Kier alpha value is -0.630. The van der Waals surface area contributed by atoms with E-state index in [1.165, 1.54) is 0 Å². The summed E-state index contributed by atoms with van der Waals surface area (Å²) in [4.78, 5) is 11.3. The second-order valence-corrected chi connectivity index (χ2v) is 3.91. The van der Waals surface area contributed by atoms with Gasteiger partial charge in [-0.15, -0.1) is 0 Å². The highest BCUT2D eigenvalue weighted by molar-refractivity contribution is 5.98. The smallest absolute Gasteiger partial charge is 0.159 e. The van der Waals surface area contributed by atoms with Crippen LogP contribution in [0.4, 0.5) is 0 Å². The number of carbonyl (C=O) groups excluding carboxylic acids is 1. The average molecular weight is 182 g/mol. The molecule has 0 saturated carbocycles. The van der Waals surface area contributed by atoms with Gasteiger partial charge in [-0.3, -0.25) is 4.79 Å². The van der Waals surface area contributed by atoms with Crippen LogP contribution in [0.5, 0.6) is 0 Å². The molecule has 0 spiro atoms. The van der Waals surface area contributed by atoms with E-state index in [1.807, 2.05) is 20.8 Å². The van der Waals surface area contributed by atoms with E-state index in [1.54, 1.807) is 0 Å². The second-order valence-electron chi connectivity index (χ2n) is 3.91. The van der Waals surface area contributed by atoms with Crippen molar-refractivity contribution in [2.45, 2.75) is 46.1 Å². The maximum absolute atomic E-state index is 11.3. The summed E-state index contributed by atoms with van der Waals surface area (Å²) < 4.78 is 0. The fourth-order valence-corrected chi connectivity index (χ4v) is 2.08. The van der Waals surface area contributed by atoms with Gasteiger partial charge in [-0.1, -0.05) is 20.3 Å². The SMILES string of the molecule is CCC[C@H](O)C1=C(C)C(=O)C[C@H]1C. The fraction of sp³-hybridized carbons (Fsp3) is 0.727. The molecule has 1 N–H and O–H groups in total. The summed E-state index contributed by atoms with van der Waals surface area (Å²) in [6.45, 7) is 5.89. The molecular weight excluding hydrogens is 164 g/mol. The third-order valence-corrected chi connectivity index (χ3v) is 2.79. The molecule has 0 aromatic carbocycles. The van der Waals surface area contributed by atoms with Crippen molar-refractivity contribution in [2.24, 2.45) is 5.92 Å². The Kier molecular flexibility index (Phi) is 3.26. The summed E-state index contributed by atoms with van der Waals surface area (Å²) in [7, 11) is 0. The maximum Gasteiger partial charge on any atom is 0.159 e. The summed E-state index contributed by atoms with van der Waals surface area (Å²) in [6.07, 6.45) is 1.91. The van der Waals surface area contributed by atoms with Crippen molar-refractivity contribution in [1.29, 1.82) is 0 Å². The summed E-state index contributed by atoms with van der Waals surface area (Å²) in [5.74, 6) is 0.451.